The van der Waals surface area contributed by atoms with Crippen molar-refractivity contribution in [2.75, 3.05) is 58.9 Å². The van der Waals surface area contributed by atoms with Gasteiger partial charge in [0.1, 0.15) is 11.4 Å². The number of hydrogen-bond acceptors (Lipinski definition) is 8. The number of carbonyl (C=O) groups is 1. The van der Waals surface area contributed by atoms with Crippen molar-refractivity contribution < 1.29 is 14.3 Å². The topological polar surface area (TPSA) is 108 Å². The minimum Gasteiger partial charge on any atom is -0.493 e. The summed E-state index contributed by atoms with van der Waals surface area (Å²) in [7, 11) is 3.78. The van der Waals surface area contributed by atoms with Crippen LogP contribution in [-0.4, -0.2) is 89.2 Å². The van der Waals surface area contributed by atoms with Crippen LogP contribution in [0.25, 0.3) is 22.3 Å². The Morgan fingerprint density at radius 2 is 1.74 bits per heavy atom. The quantitative estimate of drug-likeness (QED) is 0.240. The number of benzene rings is 2. The van der Waals surface area contributed by atoms with Gasteiger partial charge < -0.3 is 29.6 Å². The summed E-state index contributed by atoms with van der Waals surface area (Å²) in [5.74, 6) is 1.28. The number of fused-ring (bicyclic) bond motifs is 1. The van der Waals surface area contributed by atoms with Gasteiger partial charge in [0.15, 0.2) is 0 Å². The highest BCUT2D eigenvalue weighted by Gasteiger charge is 2.22. The summed E-state index contributed by atoms with van der Waals surface area (Å²) in [5.41, 5.74) is 4.83. The number of anilines is 2. The van der Waals surface area contributed by atoms with E-state index in [1.807, 2.05) is 65.6 Å². The van der Waals surface area contributed by atoms with E-state index in [4.69, 9.17) is 14.5 Å². The molecule has 1 unspecified atom stereocenters. The van der Waals surface area contributed by atoms with Gasteiger partial charge in [-0.3, -0.25) is 9.78 Å². The van der Waals surface area contributed by atoms with Crippen LogP contribution in [0.15, 0.2) is 85.2 Å². The number of pyridine rings is 1. The van der Waals surface area contributed by atoms with Gasteiger partial charge in [-0.05, 0) is 49.0 Å². The number of piperazine rings is 1. The van der Waals surface area contributed by atoms with E-state index in [0.29, 0.717) is 42.0 Å². The van der Waals surface area contributed by atoms with Crippen LogP contribution in [0, 0.1) is 0 Å². The minimum atomic E-state index is 0.0304. The van der Waals surface area contributed by atoms with Gasteiger partial charge >= 0.3 is 0 Å². The smallest absolute Gasteiger partial charge is 0.270 e. The summed E-state index contributed by atoms with van der Waals surface area (Å²) in [6.45, 7) is 4.27. The molecule has 1 saturated heterocycles. The Kier molecular flexibility index (Phi) is 8.57. The molecule has 3 aromatic heterocycles. The third kappa shape index (κ3) is 6.82. The fourth-order valence-corrected chi connectivity index (χ4v) is 5.20. The molecule has 43 heavy (non-hydrogen) atoms. The molecular formula is C33H35N7O3. The molecular weight excluding hydrogens is 542 g/mol. The van der Waals surface area contributed by atoms with Crippen LogP contribution < -0.4 is 10.1 Å². The first-order chi connectivity index (χ1) is 21.1. The highest BCUT2D eigenvalue weighted by atomic mass is 16.5. The van der Waals surface area contributed by atoms with Crippen molar-refractivity contribution in [3.8, 4) is 17.1 Å². The van der Waals surface area contributed by atoms with Crippen molar-refractivity contribution in [1.82, 2.24) is 29.7 Å². The fourth-order valence-electron chi connectivity index (χ4n) is 5.20. The average molecular weight is 578 g/mol. The van der Waals surface area contributed by atoms with Crippen LogP contribution in [0.1, 0.15) is 22.0 Å². The number of nitrogens with one attached hydrogen (secondary N) is 2. The van der Waals surface area contributed by atoms with Gasteiger partial charge in [0.2, 0.25) is 5.95 Å². The summed E-state index contributed by atoms with van der Waals surface area (Å²) < 4.78 is 11.6. The first kappa shape index (κ1) is 28.3. The predicted octanol–water partition coefficient (Wildman–Crippen LogP) is 4.96. The summed E-state index contributed by atoms with van der Waals surface area (Å²) >= 11 is 0. The lowest BCUT2D eigenvalue weighted by molar-refractivity contribution is 0.0659. The van der Waals surface area contributed by atoms with Gasteiger partial charge in [-0.25, -0.2) is 9.97 Å². The van der Waals surface area contributed by atoms with Crippen molar-refractivity contribution in [1.29, 1.82) is 0 Å². The van der Waals surface area contributed by atoms with E-state index in [1.54, 1.807) is 19.5 Å². The molecule has 2 N–H and O–H groups in total. The molecule has 6 rings (SSSR count). The van der Waals surface area contributed by atoms with Crippen molar-refractivity contribution in [2.45, 2.75) is 5.92 Å². The lowest BCUT2D eigenvalue weighted by Crippen LogP contribution is -2.47. The maximum absolute atomic E-state index is 13.0. The molecule has 10 nitrogen and oxygen atoms in total. The SMILES string of the molecule is COCC(COc1ccnc(-c2ccnc(Nc3ccc4[nH]c(C(=O)N5CCN(C)CC5)cc4c3)n2)c1)c1ccccc1. The highest BCUT2D eigenvalue weighted by Crippen LogP contribution is 2.26. The second kappa shape index (κ2) is 13.0. The number of amides is 1. The van der Waals surface area contributed by atoms with Crippen molar-refractivity contribution in [2.24, 2.45) is 0 Å². The zero-order valence-corrected chi connectivity index (χ0v) is 24.4. The number of methoxy groups -OCH3 is 1. The summed E-state index contributed by atoms with van der Waals surface area (Å²) in [5, 5.41) is 4.23. The third-order valence-electron chi connectivity index (χ3n) is 7.64. The molecule has 1 atom stereocenters. The maximum atomic E-state index is 13.0. The van der Waals surface area contributed by atoms with Crippen LogP contribution >= 0.6 is 0 Å². The zero-order valence-electron chi connectivity index (χ0n) is 24.4. The van der Waals surface area contributed by atoms with E-state index in [1.165, 1.54) is 5.56 Å². The zero-order chi connectivity index (χ0) is 29.6. The maximum Gasteiger partial charge on any atom is 0.270 e. The van der Waals surface area contributed by atoms with Crippen LogP contribution in [-0.2, 0) is 4.74 Å². The number of H-pyrrole nitrogens is 1. The Balaban J connectivity index is 1.14. The molecule has 1 amide bonds. The van der Waals surface area contributed by atoms with Crippen molar-refractivity contribution in [3.63, 3.8) is 0 Å². The second-order valence-electron chi connectivity index (χ2n) is 10.7. The summed E-state index contributed by atoms with van der Waals surface area (Å²) in [6, 6.07) is 23.5. The number of aromatic nitrogens is 4. The molecule has 5 aromatic rings. The first-order valence-electron chi connectivity index (χ1n) is 14.4. The molecule has 220 valence electrons. The Labute approximate surface area is 250 Å². The Morgan fingerprint density at radius 1 is 0.930 bits per heavy atom. The number of ether oxygens (including phenoxy) is 2. The molecule has 10 heteroatoms. The third-order valence-corrected chi connectivity index (χ3v) is 7.64. The van der Waals surface area contributed by atoms with E-state index in [9.17, 15) is 4.79 Å². The number of nitrogens with zero attached hydrogens (tertiary/aromatic N) is 5. The van der Waals surface area contributed by atoms with Crippen LogP contribution in [0.5, 0.6) is 5.75 Å². The minimum absolute atomic E-state index is 0.0304. The number of hydrogen-bond donors (Lipinski definition) is 2. The molecule has 1 aliphatic heterocycles. The standard InChI is InChI=1S/C33H35N7O3/c1-39-14-16-40(17-15-39)32(41)31-19-24-18-26(8-9-28(24)37-31)36-33-35-13-11-29(38-33)30-20-27(10-12-34-30)43-22-25(21-42-2)23-6-4-3-5-7-23/h3-13,18-20,25,37H,14-17,21-22H2,1-2H3,(H,35,36,38). The van der Waals surface area contributed by atoms with E-state index < -0.39 is 0 Å². The molecule has 0 spiro atoms. The van der Waals surface area contributed by atoms with Crippen LogP contribution in [0.3, 0.4) is 0 Å². The second-order valence-corrected chi connectivity index (χ2v) is 10.7. The van der Waals surface area contributed by atoms with Crippen molar-refractivity contribution >= 4 is 28.4 Å². The lowest BCUT2D eigenvalue weighted by Gasteiger charge is -2.32. The molecule has 0 saturated carbocycles. The van der Waals surface area contributed by atoms with Gasteiger partial charge in [0.25, 0.3) is 5.91 Å². The molecule has 1 aliphatic rings. The fraction of sp³-hybridized carbons (Fsp3) is 0.273. The molecule has 0 bridgehead atoms. The van der Waals surface area contributed by atoms with Gasteiger partial charge in [-0.1, -0.05) is 30.3 Å². The van der Waals surface area contributed by atoms with Crippen molar-refractivity contribution in [3.05, 3.63) is 96.4 Å². The monoisotopic (exact) mass is 577 g/mol. The van der Waals surface area contributed by atoms with Crippen LogP contribution in [0.2, 0.25) is 0 Å². The normalized spacial score (nSPS) is 14.5. The molecule has 1 fully saturated rings. The van der Waals surface area contributed by atoms with Gasteiger partial charge in [0, 0.05) is 74.3 Å². The van der Waals surface area contributed by atoms with Crippen LogP contribution in [0.4, 0.5) is 11.6 Å². The van der Waals surface area contributed by atoms with E-state index >= 15 is 0 Å². The predicted molar refractivity (Wildman–Crippen MR) is 167 cm³/mol. The lowest BCUT2D eigenvalue weighted by atomic mass is 10.0. The van der Waals surface area contributed by atoms with Gasteiger partial charge in [-0.2, -0.15) is 0 Å². The Hall–Kier alpha value is -4.80. The molecule has 4 heterocycles. The highest BCUT2D eigenvalue weighted by molar-refractivity contribution is 5.98. The number of likely N-dealkylation sites (N-methyl/N-ethyl adjacent to an activating group) is 1. The Morgan fingerprint density at radius 3 is 2.56 bits per heavy atom. The molecule has 0 aliphatic carbocycles. The largest absolute Gasteiger partial charge is 0.493 e. The summed E-state index contributed by atoms with van der Waals surface area (Å²) in [6.07, 6.45) is 3.42. The number of rotatable bonds is 10. The van der Waals surface area contributed by atoms with Gasteiger partial charge in [-0.15, -0.1) is 0 Å². The average Bonchev–Trinajstić information content (AvgIpc) is 3.47. The number of aromatic amines is 1. The molecule has 0 radical (unpaired) electrons. The van der Waals surface area contributed by atoms with E-state index in [2.05, 4.69) is 44.3 Å². The van der Waals surface area contributed by atoms with Gasteiger partial charge in [0.05, 0.1) is 24.6 Å². The van der Waals surface area contributed by atoms with E-state index in [0.717, 1.165) is 42.8 Å². The number of carbonyl (C=O) groups excluding carboxylic acids is 1. The molecule has 2 aromatic carbocycles. The summed E-state index contributed by atoms with van der Waals surface area (Å²) in [4.78, 5) is 34.1. The first-order valence-corrected chi connectivity index (χ1v) is 14.4. The Bertz CT molecular complexity index is 1680. The van der Waals surface area contributed by atoms with E-state index in [-0.39, 0.29) is 11.8 Å².